The molecule has 17 heavy (non-hydrogen) atoms. The second-order valence-electron chi connectivity index (χ2n) is 3.46. The number of nitrogens with one attached hydrogen (secondary N) is 1. The van der Waals surface area contributed by atoms with Gasteiger partial charge < -0.3 is 10.2 Å². The number of hydrogen-bond acceptors (Lipinski definition) is 2. The van der Waals surface area contributed by atoms with Gasteiger partial charge in [-0.15, -0.1) is 0 Å². The van der Waals surface area contributed by atoms with E-state index < -0.39 is 11.7 Å². The molecule has 0 saturated heterocycles. The number of rotatable bonds is 3. The lowest BCUT2D eigenvalue weighted by Crippen LogP contribution is -2.37. The van der Waals surface area contributed by atoms with Crippen LogP contribution in [0.25, 0.3) is 0 Å². The molecule has 0 unspecified atom stereocenters. The fourth-order valence-corrected chi connectivity index (χ4v) is 1.65. The quantitative estimate of drug-likeness (QED) is 0.918. The van der Waals surface area contributed by atoms with Crippen LogP contribution in [0.3, 0.4) is 0 Å². The molecule has 1 aromatic carbocycles. The molecule has 1 rings (SSSR count). The van der Waals surface area contributed by atoms with Gasteiger partial charge in [0.1, 0.15) is 5.82 Å². The van der Waals surface area contributed by atoms with Crippen molar-refractivity contribution in [3.8, 4) is 0 Å². The van der Waals surface area contributed by atoms with E-state index in [2.05, 4.69) is 21.2 Å². The molecular weight excluding hydrogens is 291 g/mol. The van der Waals surface area contributed by atoms with E-state index in [9.17, 15) is 14.0 Å². The van der Waals surface area contributed by atoms with Crippen LogP contribution in [-0.4, -0.2) is 37.4 Å². The van der Waals surface area contributed by atoms with Gasteiger partial charge in [0.25, 0.3) is 5.91 Å². The summed E-state index contributed by atoms with van der Waals surface area (Å²) in [4.78, 5) is 24.3. The Morgan fingerprint density at radius 3 is 2.71 bits per heavy atom. The second-order valence-corrected chi connectivity index (χ2v) is 4.31. The van der Waals surface area contributed by atoms with E-state index in [1.165, 1.54) is 31.1 Å². The summed E-state index contributed by atoms with van der Waals surface area (Å²) in [5.41, 5.74) is 0.191. The summed E-state index contributed by atoms with van der Waals surface area (Å²) in [6.07, 6.45) is 0. The third-order valence-corrected chi connectivity index (χ3v) is 2.86. The van der Waals surface area contributed by atoms with Crippen molar-refractivity contribution >= 4 is 27.7 Å². The van der Waals surface area contributed by atoms with Crippen LogP contribution in [0.5, 0.6) is 0 Å². The summed E-state index contributed by atoms with van der Waals surface area (Å²) < 4.78 is 13.5. The zero-order valence-corrected chi connectivity index (χ0v) is 11.0. The van der Waals surface area contributed by atoms with Crippen molar-refractivity contribution < 1.29 is 14.0 Å². The lowest BCUT2D eigenvalue weighted by atomic mass is 10.2. The van der Waals surface area contributed by atoms with E-state index in [0.717, 1.165) is 6.07 Å². The third-order valence-electron chi connectivity index (χ3n) is 2.17. The molecule has 0 aliphatic carbocycles. The maximum atomic E-state index is 13.0. The molecular formula is C11H12BrFN2O2. The molecule has 0 radical (unpaired) electrons. The lowest BCUT2D eigenvalue weighted by Gasteiger charge is -2.16. The Hall–Kier alpha value is -1.43. The molecule has 0 saturated carbocycles. The summed E-state index contributed by atoms with van der Waals surface area (Å²) in [5.74, 6) is -1.20. The molecule has 6 heteroatoms. The predicted octanol–water partition coefficient (Wildman–Crippen LogP) is 1.41. The molecule has 0 spiro atoms. The van der Waals surface area contributed by atoms with Gasteiger partial charge in [0.2, 0.25) is 5.91 Å². The van der Waals surface area contributed by atoms with Gasteiger partial charge in [-0.2, -0.15) is 0 Å². The normalized spacial score (nSPS) is 9.88. The second kappa shape index (κ2) is 5.77. The topological polar surface area (TPSA) is 49.4 Å². The molecule has 2 amide bonds. The van der Waals surface area contributed by atoms with Crippen LogP contribution in [0, 0.1) is 5.82 Å². The Morgan fingerprint density at radius 1 is 1.47 bits per heavy atom. The molecule has 92 valence electrons. The summed E-state index contributed by atoms with van der Waals surface area (Å²) in [7, 11) is 2.97. The molecule has 0 aromatic heterocycles. The van der Waals surface area contributed by atoms with Crippen molar-refractivity contribution in [2.45, 2.75) is 0 Å². The average Bonchev–Trinajstić information content (AvgIpc) is 2.31. The van der Waals surface area contributed by atoms with Crippen LogP contribution in [-0.2, 0) is 4.79 Å². The Bertz CT molecular complexity index is 451. The van der Waals surface area contributed by atoms with E-state index in [-0.39, 0.29) is 18.0 Å². The van der Waals surface area contributed by atoms with Gasteiger partial charge in [-0.25, -0.2) is 4.39 Å². The van der Waals surface area contributed by atoms with Crippen molar-refractivity contribution in [3.63, 3.8) is 0 Å². The highest BCUT2D eigenvalue weighted by Gasteiger charge is 2.17. The monoisotopic (exact) mass is 302 g/mol. The number of nitrogens with zero attached hydrogens (tertiary/aromatic N) is 1. The molecule has 0 aliphatic heterocycles. The largest absolute Gasteiger partial charge is 0.358 e. The molecule has 0 aliphatic rings. The van der Waals surface area contributed by atoms with E-state index in [1.54, 1.807) is 0 Å². The minimum Gasteiger partial charge on any atom is -0.358 e. The summed E-state index contributed by atoms with van der Waals surface area (Å²) in [6, 6.07) is 3.84. The Morgan fingerprint density at radius 2 is 2.12 bits per heavy atom. The summed E-state index contributed by atoms with van der Waals surface area (Å²) in [5, 5.41) is 2.41. The standard InChI is InChI=1S/C11H12BrFN2O2/c1-14-10(16)6-15(2)11(17)8-5-7(13)3-4-9(8)12/h3-5H,6H2,1-2H3,(H,14,16). The molecule has 0 atom stereocenters. The lowest BCUT2D eigenvalue weighted by molar-refractivity contribution is -0.121. The molecule has 4 nitrogen and oxygen atoms in total. The Kier molecular flexibility index (Phi) is 4.62. The van der Waals surface area contributed by atoms with Crippen molar-refractivity contribution in [1.29, 1.82) is 0 Å². The zero-order valence-electron chi connectivity index (χ0n) is 9.46. The van der Waals surface area contributed by atoms with Crippen molar-refractivity contribution in [2.24, 2.45) is 0 Å². The van der Waals surface area contributed by atoms with Crippen LogP contribution >= 0.6 is 15.9 Å². The fraction of sp³-hybridized carbons (Fsp3) is 0.273. The highest BCUT2D eigenvalue weighted by Crippen LogP contribution is 2.19. The Labute approximate surface area is 107 Å². The first-order chi connectivity index (χ1) is 7.95. The van der Waals surface area contributed by atoms with Gasteiger partial charge in [0.05, 0.1) is 12.1 Å². The molecule has 1 N–H and O–H groups in total. The van der Waals surface area contributed by atoms with E-state index in [1.807, 2.05) is 0 Å². The first kappa shape index (κ1) is 13.6. The number of hydrogen-bond donors (Lipinski definition) is 1. The maximum Gasteiger partial charge on any atom is 0.255 e. The fourth-order valence-electron chi connectivity index (χ4n) is 1.23. The summed E-state index contributed by atoms with van der Waals surface area (Å²) in [6.45, 7) is -0.0711. The molecule has 0 fully saturated rings. The van der Waals surface area contributed by atoms with Gasteiger partial charge in [-0.05, 0) is 34.1 Å². The predicted molar refractivity (Wildman–Crippen MR) is 65.1 cm³/mol. The van der Waals surface area contributed by atoms with Crippen LogP contribution in [0.1, 0.15) is 10.4 Å². The van der Waals surface area contributed by atoms with Crippen molar-refractivity contribution in [2.75, 3.05) is 20.6 Å². The number of carbonyl (C=O) groups is 2. The SMILES string of the molecule is CNC(=O)CN(C)C(=O)c1cc(F)ccc1Br. The number of amides is 2. The molecule has 0 heterocycles. The molecule has 1 aromatic rings. The minimum atomic E-state index is -0.495. The van der Waals surface area contributed by atoms with Gasteiger partial charge in [-0.3, -0.25) is 9.59 Å². The van der Waals surface area contributed by atoms with E-state index >= 15 is 0 Å². The first-order valence-corrected chi connectivity index (χ1v) is 5.66. The van der Waals surface area contributed by atoms with Crippen LogP contribution in [0.15, 0.2) is 22.7 Å². The smallest absolute Gasteiger partial charge is 0.255 e. The summed E-state index contributed by atoms with van der Waals surface area (Å²) >= 11 is 3.17. The molecule has 0 bridgehead atoms. The Balaban J connectivity index is 2.88. The van der Waals surface area contributed by atoms with E-state index in [0.29, 0.717) is 4.47 Å². The number of halogens is 2. The van der Waals surface area contributed by atoms with Gasteiger partial charge in [0, 0.05) is 18.6 Å². The minimum absolute atomic E-state index is 0.0711. The first-order valence-electron chi connectivity index (χ1n) is 4.86. The maximum absolute atomic E-state index is 13.0. The van der Waals surface area contributed by atoms with Crippen LogP contribution in [0.2, 0.25) is 0 Å². The highest BCUT2D eigenvalue weighted by atomic mass is 79.9. The van der Waals surface area contributed by atoms with Gasteiger partial charge in [-0.1, -0.05) is 0 Å². The zero-order chi connectivity index (χ0) is 13.0. The highest BCUT2D eigenvalue weighted by molar-refractivity contribution is 9.10. The van der Waals surface area contributed by atoms with Gasteiger partial charge in [0.15, 0.2) is 0 Å². The van der Waals surface area contributed by atoms with Crippen LogP contribution in [0.4, 0.5) is 4.39 Å². The third kappa shape index (κ3) is 3.52. The van der Waals surface area contributed by atoms with Crippen molar-refractivity contribution in [1.82, 2.24) is 10.2 Å². The number of carbonyl (C=O) groups excluding carboxylic acids is 2. The number of benzene rings is 1. The number of likely N-dealkylation sites (N-methyl/N-ethyl adjacent to an activating group) is 2. The van der Waals surface area contributed by atoms with Gasteiger partial charge >= 0.3 is 0 Å². The van der Waals surface area contributed by atoms with Crippen LogP contribution < -0.4 is 5.32 Å². The van der Waals surface area contributed by atoms with E-state index in [4.69, 9.17) is 0 Å². The average molecular weight is 303 g/mol. The van der Waals surface area contributed by atoms with Crippen molar-refractivity contribution in [3.05, 3.63) is 34.1 Å².